The van der Waals surface area contributed by atoms with E-state index < -0.39 is 5.97 Å². The first-order valence-electron chi connectivity index (χ1n) is 6.50. The summed E-state index contributed by atoms with van der Waals surface area (Å²) in [5.41, 5.74) is 1.08. The van der Waals surface area contributed by atoms with Crippen molar-refractivity contribution in [3.8, 4) is 0 Å². The fraction of sp³-hybridized carbons (Fsp3) is 0.692. The minimum absolute atomic E-state index is 0.280. The highest BCUT2D eigenvalue weighted by atomic mass is 16.5. The van der Waals surface area contributed by atoms with E-state index in [2.05, 4.69) is 5.16 Å². The fourth-order valence-corrected chi connectivity index (χ4v) is 2.96. The van der Waals surface area contributed by atoms with Crippen LogP contribution in [0.1, 0.15) is 78.6 Å². The molecule has 1 heterocycles. The van der Waals surface area contributed by atoms with Crippen LogP contribution in [0.2, 0.25) is 0 Å². The third kappa shape index (κ3) is 1.75. The van der Waals surface area contributed by atoms with E-state index in [9.17, 15) is 9.90 Å². The first-order valence-corrected chi connectivity index (χ1v) is 6.50. The molecule has 0 aliphatic heterocycles. The van der Waals surface area contributed by atoms with Gasteiger partial charge in [0.2, 0.25) is 0 Å². The Labute approximate surface area is 100.0 Å². The molecule has 2 aliphatic carbocycles. The summed E-state index contributed by atoms with van der Waals surface area (Å²) in [6, 6.07) is 0. The first-order chi connectivity index (χ1) is 8.27. The average Bonchev–Trinajstić information content (AvgIpc) is 2.80. The first kappa shape index (κ1) is 10.8. The molecule has 0 bridgehead atoms. The Morgan fingerprint density at radius 1 is 1.12 bits per heavy atom. The molecule has 0 amide bonds. The average molecular weight is 235 g/mol. The Bertz CT molecular complexity index is 428. The molecule has 4 heteroatoms. The van der Waals surface area contributed by atoms with Gasteiger partial charge in [-0.2, -0.15) is 0 Å². The molecule has 3 rings (SSSR count). The second kappa shape index (κ2) is 4.17. The lowest BCUT2D eigenvalue weighted by atomic mass is 9.80. The molecule has 2 saturated carbocycles. The van der Waals surface area contributed by atoms with Crippen LogP contribution in [-0.4, -0.2) is 16.2 Å². The summed E-state index contributed by atoms with van der Waals surface area (Å²) in [5.74, 6) is 0.370. The third-order valence-corrected chi connectivity index (χ3v) is 4.18. The van der Waals surface area contributed by atoms with Crippen LogP contribution in [0, 0.1) is 0 Å². The van der Waals surface area contributed by atoms with Gasteiger partial charge in [-0.15, -0.1) is 0 Å². The lowest BCUT2D eigenvalue weighted by Crippen LogP contribution is -2.14. The standard InChI is InChI=1S/C13H17NO3/c15-13(16)10-11(8-6-3-7-8)14-17-12(10)9-4-1-2-5-9/h8-9H,1-7H2,(H,15,16). The smallest absolute Gasteiger partial charge is 0.341 e. The monoisotopic (exact) mass is 235 g/mol. The van der Waals surface area contributed by atoms with E-state index in [4.69, 9.17) is 4.52 Å². The van der Waals surface area contributed by atoms with E-state index in [-0.39, 0.29) is 5.92 Å². The summed E-state index contributed by atoms with van der Waals surface area (Å²) in [6.45, 7) is 0. The van der Waals surface area contributed by atoms with Crippen LogP contribution in [0.5, 0.6) is 0 Å². The van der Waals surface area contributed by atoms with Gasteiger partial charge >= 0.3 is 5.97 Å². The van der Waals surface area contributed by atoms with Crippen molar-refractivity contribution in [1.29, 1.82) is 0 Å². The number of hydrogen-bond donors (Lipinski definition) is 1. The number of hydrogen-bond acceptors (Lipinski definition) is 3. The van der Waals surface area contributed by atoms with Crippen LogP contribution in [0.15, 0.2) is 4.52 Å². The van der Waals surface area contributed by atoms with E-state index in [1.807, 2.05) is 0 Å². The normalized spacial score (nSPS) is 21.6. The fourth-order valence-electron chi connectivity index (χ4n) is 2.96. The second-order valence-electron chi connectivity index (χ2n) is 5.22. The van der Waals surface area contributed by atoms with Gasteiger partial charge in [-0.05, 0) is 25.7 Å². The number of aromatic nitrogens is 1. The molecule has 1 aromatic heterocycles. The maximum Gasteiger partial charge on any atom is 0.341 e. The molecule has 0 unspecified atom stereocenters. The van der Waals surface area contributed by atoms with Gasteiger partial charge in [0.1, 0.15) is 11.3 Å². The van der Waals surface area contributed by atoms with E-state index in [1.165, 1.54) is 19.3 Å². The van der Waals surface area contributed by atoms with Gasteiger partial charge in [0.25, 0.3) is 0 Å². The van der Waals surface area contributed by atoms with Gasteiger partial charge in [0, 0.05) is 11.8 Å². The van der Waals surface area contributed by atoms with Gasteiger partial charge < -0.3 is 9.63 Å². The Hall–Kier alpha value is -1.32. The lowest BCUT2D eigenvalue weighted by molar-refractivity contribution is 0.0691. The molecule has 17 heavy (non-hydrogen) atoms. The van der Waals surface area contributed by atoms with Crippen LogP contribution >= 0.6 is 0 Å². The maximum absolute atomic E-state index is 11.4. The highest BCUT2D eigenvalue weighted by Gasteiger charge is 2.34. The van der Waals surface area contributed by atoms with Crippen LogP contribution in [0.3, 0.4) is 0 Å². The summed E-state index contributed by atoms with van der Waals surface area (Å²) < 4.78 is 5.37. The van der Waals surface area contributed by atoms with E-state index in [0.717, 1.165) is 25.7 Å². The molecule has 0 radical (unpaired) electrons. The van der Waals surface area contributed by atoms with Crippen molar-refractivity contribution in [3.63, 3.8) is 0 Å². The van der Waals surface area contributed by atoms with Crippen molar-refractivity contribution in [1.82, 2.24) is 5.16 Å². The third-order valence-electron chi connectivity index (χ3n) is 4.18. The highest BCUT2D eigenvalue weighted by molar-refractivity contribution is 5.90. The Morgan fingerprint density at radius 3 is 2.29 bits per heavy atom. The summed E-state index contributed by atoms with van der Waals surface area (Å²) >= 11 is 0. The number of carboxylic acid groups (broad SMARTS) is 1. The zero-order chi connectivity index (χ0) is 11.8. The molecule has 92 valence electrons. The zero-order valence-corrected chi connectivity index (χ0v) is 9.82. The lowest BCUT2D eigenvalue weighted by Gasteiger charge is -2.23. The van der Waals surface area contributed by atoms with Gasteiger partial charge in [-0.1, -0.05) is 24.4 Å². The minimum atomic E-state index is -0.866. The van der Waals surface area contributed by atoms with Crippen molar-refractivity contribution >= 4 is 5.97 Å². The highest BCUT2D eigenvalue weighted by Crippen LogP contribution is 2.42. The van der Waals surface area contributed by atoms with Crippen LogP contribution in [-0.2, 0) is 0 Å². The van der Waals surface area contributed by atoms with E-state index in [1.54, 1.807) is 0 Å². The number of nitrogens with zero attached hydrogens (tertiary/aromatic N) is 1. The largest absolute Gasteiger partial charge is 0.477 e. The van der Waals surface area contributed by atoms with E-state index >= 15 is 0 Å². The Morgan fingerprint density at radius 2 is 1.76 bits per heavy atom. The van der Waals surface area contributed by atoms with Gasteiger partial charge in [0.05, 0.1) is 0 Å². The van der Waals surface area contributed by atoms with Crippen LogP contribution < -0.4 is 0 Å². The van der Waals surface area contributed by atoms with Crippen molar-refractivity contribution < 1.29 is 14.4 Å². The molecule has 0 atom stereocenters. The van der Waals surface area contributed by atoms with Crippen molar-refractivity contribution in [3.05, 3.63) is 17.0 Å². The maximum atomic E-state index is 11.4. The number of rotatable bonds is 3. The van der Waals surface area contributed by atoms with Crippen molar-refractivity contribution in [2.75, 3.05) is 0 Å². The summed E-state index contributed by atoms with van der Waals surface area (Å²) in [6.07, 6.45) is 7.70. The number of carbonyl (C=O) groups is 1. The number of aromatic carboxylic acids is 1. The molecule has 0 aromatic carbocycles. The van der Waals surface area contributed by atoms with Crippen LogP contribution in [0.25, 0.3) is 0 Å². The zero-order valence-electron chi connectivity index (χ0n) is 9.82. The van der Waals surface area contributed by atoms with Crippen molar-refractivity contribution in [2.24, 2.45) is 0 Å². The molecule has 0 spiro atoms. The molecule has 2 aliphatic rings. The molecule has 1 N–H and O–H groups in total. The van der Waals surface area contributed by atoms with Gasteiger partial charge in [0.15, 0.2) is 5.76 Å². The molecular weight excluding hydrogens is 218 g/mol. The summed E-state index contributed by atoms with van der Waals surface area (Å²) in [5, 5.41) is 13.4. The quantitative estimate of drug-likeness (QED) is 0.873. The topological polar surface area (TPSA) is 63.3 Å². The predicted octanol–water partition coefficient (Wildman–Crippen LogP) is 3.30. The van der Waals surface area contributed by atoms with Gasteiger partial charge in [-0.25, -0.2) is 4.79 Å². The molecule has 4 nitrogen and oxygen atoms in total. The number of carboxylic acids is 1. The van der Waals surface area contributed by atoms with Crippen LogP contribution in [0.4, 0.5) is 0 Å². The second-order valence-corrected chi connectivity index (χ2v) is 5.22. The molecular formula is C13H17NO3. The SMILES string of the molecule is O=C(O)c1c(C2CCC2)noc1C1CCCC1. The van der Waals surface area contributed by atoms with Crippen molar-refractivity contribution in [2.45, 2.75) is 56.8 Å². The minimum Gasteiger partial charge on any atom is -0.477 e. The molecule has 2 fully saturated rings. The molecule has 0 saturated heterocycles. The molecule has 1 aromatic rings. The predicted molar refractivity (Wildman–Crippen MR) is 61.3 cm³/mol. The Balaban J connectivity index is 1.96. The summed E-state index contributed by atoms with van der Waals surface area (Å²) in [4.78, 5) is 11.4. The van der Waals surface area contributed by atoms with E-state index in [0.29, 0.717) is 22.9 Å². The van der Waals surface area contributed by atoms with Gasteiger partial charge in [-0.3, -0.25) is 0 Å². The Kier molecular flexibility index (Phi) is 2.65. The summed E-state index contributed by atoms with van der Waals surface area (Å²) in [7, 11) is 0.